The van der Waals surface area contributed by atoms with Crippen molar-refractivity contribution in [3.63, 3.8) is 0 Å². The minimum absolute atomic E-state index is 0.479. The van der Waals surface area contributed by atoms with Gasteiger partial charge in [-0.05, 0) is 49.9 Å². The van der Waals surface area contributed by atoms with Gasteiger partial charge in [0.15, 0.2) is 0 Å². The van der Waals surface area contributed by atoms with Crippen LogP contribution in [0.2, 0.25) is 0 Å². The number of thiazole rings is 1. The van der Waals surface area contributed by atoms with E-state index in [0.717, 1.165) is 24.4 Å². The fraction of sp³-hybridized carbons (Fsp3) is 0.824. The van der Waals surface area contributed by atoms with Crippen molar-refractivity contribution in [2.45, 2.75) is 77.8 Å². The van der Waals surface area contributed by atoms with Gasteiger partial charge in [-0.15, -0.1) is 11.3 Å². The van der Waals surface area contributed by atoms with Gasteiger partial charge in [0.05, 0.1) is 5.01 Å². The molecule has 0 amide bonds. The average Bonchev–Trinajstić information content (AvgIpc) is 3.13. The number of nitrogens with one attached hydrogen (secondary N) is 1. The summed E-state index contributed by atoms with van der Waals surface area (Å²) in [5, 5.41) is 4.98. The maximum atomic E-state index is 4.70. The molecule has 1 N–H and O–H groups in total. The van der Waals surface area contributed by atoms with E-state index in [1.807, 2.05) is 11.3 Å². The first-order valence-electron chi connectivity index (χ1n) is 8.20. The standard InChI is InChI=1S/C17H28N2S/c1-17(2,3)13-6-4-12(5-7-13)16-19-11-15(20-16)10-18-14-8-9-14/h11-14,18H,4-10H2,1-3H3. The van der Waals surface area contributed by atoms with Crippen LogP contribution in [0.1, 0.15) is 75.1 Å². The molecule has 3 heteroatoms. The molecule has 0 aromatic carbocycles. The lowest BCUT2D eigenvalue weighted by molar-refractivity contribution is 0.169. The molecule has 112 valence electrons. The van der Waals surface area contributed by atoms with Crippen LogP contribution in [0, 0.1) is 11.3 Å². The predicted molar refractivity (Wildman–Crippen MR) is 86.1 cm³/mol. The molecule has 2 aliphatic rings. The molecule has 1 aromatic rings. The molecule has 0 spiro atoms. The molecule has 0 atom stereocenters. The predicted octanol–water partition coefficient (Wildman–Crippen LogP) is 4.72. The van der Waals surface area contributed by atoms with Crippen LogP contribution in [-0.2, 0) is 6.54 Å². The van der Waals surface area contributed by atoms with Crippen molar-refractivity contribution in [1.29, 1.82) is 0 Å². The Hall–Kier alpha value is -0.410. The first-order valence-corrected chi connectivity index (χ1v) is 9.02. The normalized spacial score (nSPS) is 27.8. The zero-order chi connectivity index (χ0) is 14.2. The van der Waals surface area contributed by atoms with Crippen molar-refractivity contribution in [3.05, 3.63) is 16.1 Å². The number of hydrogen-bond acceptors (Lipinski definition) is 3. The minimum atomic E-state index is 0.479. The molecule has 0 bridgehead atoms. The van der Waals surface area contributed by atoms with Crippen molar-refractivity contribution in [2.75, 3.05) is 0 Å². The van der Waals surface area contributed by atoms with Gasteiger partial charge in [0.25, 0.3) is 0 Å². The largest absolute Gasteiger partial charge is 0.309 e. The van der Waals surface area contributed by atoms with Crippen LogP contribution in [0.15, 0.2) is 6.20 Å². The lowest BCUT2D eigenvalue weighted by atomic mass is 9.70. The quantitative estimate of drug-likeness (QED) is 0.869. The lowest BCUT2D eigenvalue weighted by Gasteiger charge is -2.36. The van der Waals surface area contributed by atoms with Crippen molar-refractivity contribution < 1.29 is 0 Å². The lowest BCUT2D eigenvalue weighted by Crippen LogP contribution is -2.25. The van der Waals surface area contributed by atoms with E-state index in [2.05, 4.69) is 32.3 Å². The van der Waals surface area contributed by atoms with Crippen LogP contribution >= 0.6 is 11.3 Å². The molecule has 2 aliphatic carbocycles. The molecule has 2 saturated carbocycles. The summed E-state index contributed by atoms with van der Waals surface area (Å²) in [6.07, 6.45) is 10.3. The summed E-state index contributed by atoms with van der Waals surface area (Å²) < 4.78 is 0. The minimum Gasteiger partial charge on any atom is -0.309 e. The maximum absolute atomic E-state index is 4.70. The highest BCUT2D eigenvalue weighted by Gasteiger charge is 2.31. The van der Waals surface area contributed by atoms with Crippen LogP contribution in [0.4, 0.5) is 0 Å². The van der Waals surface area contributed by atoms with Gasteiger partial charge in [-0.1, -0.05) is 20.8 Å². The second-order valence-corrected chi connectivity index (χ2v) is 8.88. The third-order valence-corrected chi connectivity index (χ3v) is 6.17. The third-order valence-electron chi connectivity index (χ3n) is 5.01. The van der Waals surface area contributed by atoms with E-state index in [4.69, 9.17) is 4.98 Å². The fourth-order valence-corrected chi connectivity index (χ4v) is 4.37. The van der Waals surface area contributed by atoms with Gasteiger partial charge < -0.3 is 5.32 Å². The van der Waals surface area contributed by atoms with E-state index in [1.54, 1.807) is 0 Å². The van der Waals surface area contributed by atoms with Crippen LogP contribution in [-0.4, -0.2) is 11.0 Å². The monoisotopic (exact) mass is 292 g/mol. The SMILES string of the molecule is CC(C)(C)C1CCC(c2ncc(CNC3CC3)s2)CC1. The smallest absolute Gasteiger partial charge is 0.0959 e. The molecule has 1 aromatic heterocycles. The zero-order valence-electron chi connectivity index (χ0n) is 13.1. The highest BCUT2D eigenvalue weighted by atomic mass is 32.1. The Morgan fingerprint density at radius 3 is 2.45 bits per heavy atom. The van der Waals surface area contributed by atoms with Crippen molar-refractivity contribution >= 4 is 11.3 Å². The molecule has 3 rings (SSSR count). The van der Waals surface area contributed by atoms with Crippen LogP contribution in [0.3, 0.4) is 0 Å². The zero-order valence-corrected chi connectivity index (χ0v) is 13.9. The van der Waals surface area contributed by atoms with Gasteiger partial charge in [-0.3, -0.25) is 0 Å². The summed E-state index contributed by atoms with van der Waals surface area (Å²) in [6, 6.07) is 0.794. The van der Waals surface area contributed by atoms with Crippen LogP contribution in [0.5, 0.6) is 0 Å². The van der Waals surface area contributed by atoms with Gasteiger partial charge in [-0.25, -0.2) is 4.98 Å². The Morgan fingerprint density at radius 1 is 1.15 bits per heavy atom. The molecule has 0 unspecified atom stereocenters. The Bertz CT molecular complexity index is 434. The van der Waals surface area contributed by atoms with E-state index in [9.17, 15) is 0 Å². The first-order chi connectivity index (χ1) is 9.52. The van der Waals surface area contributed by atoms with Crippen LogP contribution in [0.25, 0.3) is 0 Å². The van der Waals surface area contributed by atoms with E-state index >= 15 is 0 Å². The summed E-state index contributed by atoms with van der Waals surface area (Å²) >= 11 is 1.94. The summed E-state index contributed by atoms with van der Waals surface area (Å²) in [4.78, 5) is 6.13. The number of rotatable bonds is 4. The van der Waals surface area contributed by atoms with Crippen molar-refractivity contribution in [3.8, 4) is 0 Å². The van der Waals surface area contributed by atoms with Gasteiger partial charge in [-0.2, -0.15) is 0 Å². The topological polar surface area (TPSA) is 24.9 Å². The molecular formula is C17H28N2S. The van der Waals surface area contributed by atoms with E-state index < -0.39 is 0 Å². The Labute approximate surface area is 127 Å². The van der Waals surface area contributed by atoms with Gasteiger partial charge in [0, 0.05) is 29.6 Å². The summed E-state index contributed by atoms with van der Waals surface area (Å²) in [5.41, 5.74) is 0.479. The second-order valence-electron chi connectivity index (χ2n) is 7.73. The maximum Gasteiger partial charge on any atom is 0.0959 e. The summed E-state index contributed by atoms with van der Waals surface area (Å²) in [5.74, 6) is 1.63. The number of aromatic nitrogens is 1. The molecule has 1 heterocycles. The summed E-state index contributed by atoms with van der Waals surface area (Å²) in [6.45, 7) is 8.20. The molecular weight excluding hydrogens is 264 g/mol. The molecule has 0 aliphatic heterocycles. The van der Waals surface area contributed by atoms with Crippen LogP contribution < -0.4 is 5.32 Å². The average molecular weight is 292 g/mol. The second kappa shape index (κ2) is 5.76. The molecule has 0 saturated heterocycles. The molecule has 2 nitrogen and oxygen atoms in total. The van der Waals surface area contributed by atoms with E-state index in [0.29, 0.717) is 5.41 Å². The highest BCUT2D eigenvalue weighted by Crippen LogP contribution is 2.43. The first kappa shape index (κ1) is 14.5. The number of nitrogens with zero attached hydrogens (tertiary/aromatic N) is 1. The summed E-state index contributed by atoms with van der Waals surface area (Å²) in [7, 11) is 0. The van der Waals surface area contributed by atoms with Gasteiger partial charge in [0.2, 0.25) is 0 Å². The van der Waals surface area contributed by atoms with Gasteiger partial charge >= 0.3 is 0 Å². The van der Waals surface area contributed by atoms with Crippen molar-refractivity contribution in [1.82, 2.24) is 10.3 Å². The number of hydrogen-bond donors (Lipinski definition) is 1. The van der Waals surface area contributed by atoms with E-state index in [-0.39, 0.29) is 0 Å². The Kier molecular flexibility index (Phi) is 4.19. The van der Waals surface area contributed by atoms with Gasteiger partial charge in [0.1, 0.15) is 0 Å². The fourth-order valence-electron chi connectivity index (χ4n) is 3.33. The van der Waals surface area contributed by atoms with E-state index in [1.165, 1.54) is 48.4 Å². The molecule has 0 radical (unpaired) electrons. The highest BCUT2D eigenvalue weighted by molar-refractivity contribution is 7.11. The Morgan fingerprint density at radius 2 is 1.85 bits per heavy atom. The Balaban J connectivity index is 1.52. The molecule has 20 heavy (non-hydrogen) atoms. The van der Waals surface area contributed by atoms with Crippen molar-refractivity contribution in [2.24, 2.45) is 11.3 Å². The molecule has 2 fully saturated rings. The third kappa shape index (κ3) is 3.62.